The zero-order valence-electron chi connectivity index (χ0n) is 7.01. The van der Waals surface area contributed by atoms with E-state index in [9.17, 15) is 4.79 Å². The van der Waals surface area contributed by atoms with Gasteiger partial charge in [-0.05, 0) is 26.8 Å². The van der Waals surface area contributed by atoms with Crippen LogP contribution in [-0.2, 0) is 4.79 Å². The predicted molar refractivity (Wildman–Crippen MR) is 44.0 cm³/mol. The number of allylic oxidation sites excluding steroid dienone is 1. The Hall–Kier alpha value is -1.23. The molecule has 0 aromatic rings. The Morgan fingerprint density at radius 2 is 2.00 bits per heavy atom. The second-order valence-corrected chi connectivity index (χ2v) is 3.19. The van der Waals surface area contributed by atoms with Crippen molar-refractivity contribution in [1.29, 1.82) is 0 Å². The van der Waals surface area contributed by atoms with Crippen molar-refractivity contribution in [3.05, 3.63) is 12.2 Å². The van der Waals surface area contributed by atoms with E-state index in [1.807, 2.05) is 20.8 Å². The Morgan fingerprint density at radius 3 is 2.36 bits per heavy atom. The highest BCUT2D eigenvalue weighted by Crippen LogP contribution is 2.09. The summed E-state index contributed by atoms with van der Waals surface area (Å²) in [6, 6.07) is 0. The van der Waals surface area contributed by atoms with E-state index in [-0.39, 0.29) is 5.41 Å². The van der Waals surface area contributed by atoms with E-state index < -0.39 is 5.97 Å². The van der Waals surface area contributed by atoms with Crippen molar-refractivity contribution in [2.75, 3.05) is 0 Å². The van der Waals surface area contributed by atoms with E-state index in [4.69, 9.17) is 5.11 Å². The van der Waals surface area contributed by atoms with Crippen LogP contribution in [-0.4, -0.2) is 11.1 Å². The first-order chi connectivity index (χ1) is 4.92. The summed E-state index contributed by atoms with van der Waals surface area (Å²) in [5.41, 5.74) is -0.0666. The molecule has 0 atom stereocenters. The third-order valence-corrected chi connectivity index (χ3v) is 0.756. The van der Waals surface area contributed by atoms with Crippen LogP contribution >= 0.6 is 0 Å². The molecule has 0 rings (SSSR count). The normalized spacial score (nSPS) is 10.8. The fourth-order valence-electron chi connectivity index (χ4n) is 0.371. The Bertz CT molecular complexity index is 220. The van der Waals surface area contributed by atoms with Crippen LogP contribution in [0.5, 0.6) is 0 Å². The number of hydrogen-bond donors (Lipinski definition) is 1. The van der Waals surface area contributed by atoms with Gasteiger partial charge in [0.2, 0.25) is 0 Å². The van der Waals surface area contributed by atoms with Crippen molar-refractivity contribution in [1.82, 2.24) is 0 Å². The first kappa shape index (κ1) is 9.77. The third-order valence-electron chi connectivity index (χ3n) is 0.756. The lowest BCUT2D eigenvalue weighted by Gasteiger charge is -2.05. The monoisotopic (exact) mass is 152 g/mol. The molecule has 1 N–H and O–H groups in total. The third kappa shape index (κ3) is 8.77. The average molecular weight is 152 g/mol. The molecule has 0 aromatic carbocycles. The standard InChI is InChI=1S/C9H12O2/c1-9(2,3)7-5-4-6-8(10)11/h4,6H,1-3H3,(H,10,11)/b6-4-. The maximum atomic E-state index is 9.97. The predicted octanol–water partition coefficient (Wildman–Crippen LogP) is 1.68. The molecule has 0 aromatic heterocycles. The van der Waals surface area contributed by atoms with Gasteiger partial charge in [0.1, 0.15) is 0 Å². The van der Waals surface area contributed by atoms with Crippen LogP contribution < -0.4 is 0 Å². The Labute approximate surface area is 66.9 Å². The van der Waals surface area contributed by atoms with Crippen molar-refractivity contribution in [3.8, 4) is 11.8 Å². The smallest absolute Gasteiger partial charge is 0.328 e. The van der Waals surface area contributed by atoms with Crippen molar-refractivity contribution in [3.63, 3.8) is 0 Å². The number of carboxylic acid groups (broad SMARTS) is 1. The van der Waals surface area contributed by atoms with Gasteiger partial charge in [-0.1, -0.05) is 11.8 Å². The van der Waals surface area contributed by atoms with Gasteiger partial charge >= 0.3 is 5.97 Å². The summed E-state index contributed by atoms with van der Waals surface area (Å²) in [6.45, 7) is 5.90. The van der Waals surface area contributed by atoms with E-state index in [2.05, 4.69) is 11.8 Å². The van der Waals surface area contributed by atoms with Gasteiger partial charge in [0, 0.05) is 11.5 Å². The molecule has 0 bridgehead atoms. The number of carbonyl (C=O) groups is 1. The molecule has 0 heterocycles. The van der Waals surface area contributed by atoms with Crippen molar-refractivity contribution >= 4 is 5.97 Å². The topological polar surface area (TPSA) is 37.3 Å². The minimum absolute atomic E-state index is 0.0666. The van der Waals surface area contributed by atoms with Crippen LogP contribution in [0.3, 0.4) is 0 Å². The summed E-state index contributed by atoms with van der Waals surface area (Å²) in [6.07, 6.45) is 2.37. The number of aliphatic carboxylic acids is 1. The van der Waals surface area contributed by atoms with E-state index in [0.717, 1.165) is 6.08 Å². The van der Waals surface area contributed by atoms with Crippen LogP contribution in [0.15, 0.2) is 12.2 Å². The van der Waals surface area contributed by atoms with Gasteiger partial charge in [-0.25, -0.2) is 4.79 Å². The molecular formula is C9H12O2. The van der Waals surface area contributed by atoms with Crippen molar-refractivity contribution in [2.45, 2.75) is 20.8 Å². The van der Waals surface area contributed by atoms with Gasteiger partial charge in [0.25, 0.3) is 0 Å². The Morgan fingerprint density at radius 1 is 1.45 bits per heavy atom. The molecular weight excluding hydrogens is 140 g/mol. The number of carboxylic acids is 1. The van der Waals surface area contributed by atoms with E-state index in [1.165, 1.54) is 6.08 Å². The molecule has 60 valence electrons. The van der Waals surface area contributed by atoms with Gasteiger partial charge in [-0.2, -0.15) is 0 Å². The van der Waals surface area contributed by atoms with Crippen LogP contribution in [0.2, 0.25) is 0 Å². The molecule has 2 nitrogen and oxygen atoms in total. The summed E-state index contributed by atoms with van der Waals surface area (Å²) in [7, 11) is 0. The SMILES string of the molecule is CC(C)(C)C#C/C=C\C(=O)O. The minimum atomic E-state index is -0.965. The second kappa shape index (κ2) is 3.82. The Kier molecular flexibility index (Phi) is 3.39. The summed E-state index contributed by atoms with van der Waals surface area (Å²) in [4.78, 5) is 9.97. The molecule has 0 amide bonds. The Balaban J connectivity index is 4.02. The lowest BCUT2D eigenvalue weighted by molar-refractivity contribution is -0.131. The molecule has 0 unspecified atom stereocenters. The highest BCUT2D eigenvalue weighted by Gasteiger charge is 2.02. The maximum Gasteiger partial charge on any atom is 0.328 e. The average Bonchev–Trinajstić information content (AvgIpc) is 1.78. The molecule has 11 heavy (non-hydrogen) atoms. The first-order valence-corrected chi connectivity index (χ1v) is 3.34. The first-order valence-electron chi connectivity index (χ1n) is 3.34. The van der Waals surface area contributed by atoms with Crippen molar-refractivity contribution < 1.29 is 9.90 Å². The molecule has 0 aliphatic carbocycles. The lowest BCUT2D eigenvalue weighted by atomic mass is 9.98. The molecule has 2 heteroatoms. The summed E-state index contributed by atoms with van der Waals surface area (Å²) >= 11 is 0. The molecule has 0 aliphatic rings. The molecule has 0 saturated carbocycles. The summed E-state index contributed by atoms with van der Waals surface area (Å²) in [5, 5.41) is 8.19. The molecule has 0 radical (unpaired) electrons. The van der Waals surface area contributed by atoms with Gasteiger partial charge in [-0.15, -0.1) is 0 Å². The maximum absolute atomic E-state index is 9.97. The fraction of sp³-hybridized carbons (Fsp3) is 0.444. The number of rotatable bonds is 1. The zero-order valence-corrected chi connectivity index (χ0v) is 7.01. The van der Waals surface area contributed by atoms with E-state index >= 15 is 0 Å². The fourth-order valence-corrected chi connectivity index (χ4v) is 0.371. The van der Waals surface area contributed by atoms with Gasteiger partial charge in [0.15, 0.2) is 0 Å². The zero-order chi connectivity index (χ0) is 8.91. The summed E-state index contributed by atoms with van der Waals surface area (Å²) < 4.78 is 0. The lowest BCUT2D eigenvalue weighted by Crippen LogP contribution is -1.98. The molecule has 0 aliphatic heterocycles. The molecule has 0 spiro atoms. The number of hydrogen-bond acceptors (Lipinski definition) is 1. The van der Waals surface area contributed by atoms with Crippen molar-refractivity contribution in [2.24, 2.45) is 5.41 Å². The van der Waals surface area contributed by atoms with E-state index in [0.29, 0.717) is 0 Å². The van der Waals surface area contributed by atoms with Crippen LogP contribution in [0.25, 0.3) is 0 Å². The molecule has 0 fully saturated rings. The summed E-state index contributed by atoms with van der Waals surface area (Å²) in [5.74, 6) is 4.56. The van der Waals surface area contributed by atoms with Gasteiger partial charge in [-0.3, -0.25) is 0 Å². The van der Waals surface area contributed by atoms with Gasteiger partial charge in [0.05, 0.1) is 0 Å². The quantitative estimate of drug-likeness (QED) is 0.458. The van der Waals surface area contributed by atoms with Crippen LogP contribution in [0, 0.1) is 17.3 Å². The molecule has 0 saturated heterocycles. The minimum Gasteiger partial charge on any atom is -0.478 e. The highest BCUT2D eigenvalue weighted by atomic mass is 16.4. The largest absolute Gasteiger partial charge is 0.478 e. The van der Waals surface area contributed by atoms with Gasteiger partial charge < -0.3 is 5.11 Å². The van der Waals surface area contributed by atoms with E-state index in [1.54, 1.807) is 0 Å². The highest BCUT2D eigenvalue weighted by molar-refractivity contribution is 5.80. The van der Waals surface area contributed by atoms with Crippen LogP contribution in [0.1, 0.15) is 20.8 Å². The second-order valence-electron chi connectivity index (χ2n) is 3.19. The van der Waals surface area contributed by atoms with Crippen LogP contribution in [0.4, 0.5) is 0 Å².